The molecular weight excluding hydrogens is 236 g/mol. The molecular formula is C12H19ClN4. The molecule has 0 aliphatic carbocycles. The van der Waals surface area contributed by atoms with Crippen LogP contribution in [0.5, 0.6) is 0 Å². The van der Waals surface area contributed by atoms with E-state index < -0.39 is 0 Å². The van der Waals surface area contributed by atoms with Crippen LogP contribution in [0.3, 0.4) is 0 Å². The summed E-state index contributed by atoms with van der Waals surface area (Å²) in [4.78, 5) is 10.4. The van der Waals surface area contributed by atoms with Crippen LogP contribution in [0.2, 0.25) is 5.28 Å². The summed E-state index contributed by atoms with van der Waals surface area (Å²) in [7, 11) is 2.12. The van der Waals surface area contributed by atoms with Crippen LogP contribution in [-0.2, 0) is 6.54 Å². The van der Waals surface area contributed by atoms with Crippen LogP contribution in [0.4, 0.5) is 0 Å². The first kappa shape index (κ1) is 12.7. The molecule has 2 heterocycles. The highest BCUT2D eigenvalue weighted by Crippen LogP contribution is 2.09. The van der Waals surface area contributed by atoms with Crippen LogP contribution < -0.4 is 5.32 Å². The molecule has 2 rings (SSSR count). The summed E-state index contributed by atoms with van der Waals surface area (Å²) < 4.78 is 0. The molecule has 5 heteroatoms. The van der Waals surface area contributed by atoms with Gasteiger partial charge in [-0.25, -0.2) is 9.97 Å². The number of nitrogens with one attached hydrogen (secondary N) is 1. The fourth-order valence-corrected chi connectivity index (χ4v) is 2.42. The standard InChI is InChI=1S/C12H19ClN4/c1-17(8-10-4-2-3-6-14-10)9-11-5-7-15-12(13)16-11/h5,7,10,14H,2-4,6,8-9H2,1H3/t10-/m0/s1. The van der Waals surface area contributed by atoms with E-state index in [4.69, 9.17) is 11.6 Å². The van der Waals surface area contributed by atoms with Crippen molar-refractivity contribution >= 4 is 11.6 Å². The average molecular weight is 255 g/mol. The maximum Gasteiger partial charge on any atom is 0.222 e. The van der Waals surface area contributed by atoms with E-state index in [9.17, 15) is 0 Å². The highest BCUT2D eigenvalue weighted by molar-refractivity contribution is 6.28. The molecule has 4 nitrogen and oxygen atoms in total. The summed E-state index contributed by atoms with van der Waals surface area (Å²) in [6, 6.07) is 2.53. The van der Waals surface area contributed by atoms with Crippen molar-refractivity contribution in [3.8, 4) is 0 Å². The number of hydrogen-bond donors (Lipinski definition) is 1. The van der Waals surface area contributed by atoms with Gasteiger partial charge in [0.15, 0.2) is 0 Å². The zero-order valence-electron chi connectivity index (χ0n) is 10.2. The number of nitrogens with zero attached hydrogens (tertiary/aromatic N) is 3. The van der Waals surface area contributed by atoms with E-state index in [-0.39, 0.29) is 0 Å². The Morgan fingerprint density at radius 3 is 3.12 bits per heavy atom. The lowest BCUT2D eigenvalue weighted by Gasteiger charge is -2.27. The topological polar surface area (TPSA) is 41.1 Å². The number of hydrogen-bond acceptors (Lipinski definition) is 4. The molecule has 1 aromatic rings. The van der Waals surface area contributed by atoms with Crippen LogP contribution >= 0.6 is 11.6 Å². The predicted octanol–water partition coefficient (Wildman–Crippen LogP) is 1.70. The molecule has 0 radical (unpaired) electrons. The third-order valence-corrected chi connectivity index (χ3v) is 3.24. The number of likely N-dealkylation sites (N-methyl/N-ethyl adjacent to an activating group) is 1. The monoisotopic (exact) mass is 254 g/mol. The maximum atomic E-state index is 5.77. The Kier molecular flexibility index (Phi) is 4.71. The Morgan fingerprint density at radius 2 is 2.41 bits per heavy atom. The molecule has 0 aromatic carbocycles. The second-order valence-electron chi connectivity index (χ2n) is 4.66. The van der Waals surface area contributed by atoms with Gasteiger partial charge < -0.3 is 5.32 Å². The van der Waals surface area contributed by atoms with E-state index in [1.54, 1.807) is 6.20 Å². The first-order chi connectivity index (χ1) is 8.24. The summed E-state index contributed by atoms with van der Waals surface area (Å²) >= 11 is 5.77. The quantitative estimate of drug-likeness (QED) is 0.831. The highest BCUT2D eigenvalue weighted by Gasteiger charge is 2.14. The molecule has 1 N–H and O–H groups in total. The van der Waals surface area contributed by atoms with E-state index in [1.807, 2.05) is 6.07 Å². The second kappa shape index (κ2) is 6.28. The summed E-state index contributed by atoms with van der Waals surface area (Å²) in [6.45, 7) is 3.03. The number of halogens is 1. The van der Waals surface area contributed by atoms with Crippen molar-refractivity contribution in [3.05, 3.63) is 23.2 Å². The molecule has 17 heavy (non-hydrogen) atoms. The van der Waals surface area contributed by atoms with Crippen LogP contribution in [0, 0.1) is 0 Å². The third-order valence-electron chi connectivity index (χ3n) is 3.06. The number of aromatic nitrogens is 2. The zero-order valence-corrected chi connectivity index (χ0v) is 11.0. The van der Waals surface area contributed by atoms with Gasteiger partial charge in [-0.15, -0.1) is 0 Å². The second-order valence-corrected chi connectivity index (χ2v) is 5.00. The van der Waals surface area contributed by atoms with Crippen molar-refractivity contribution in [3.63, 3.8) is 0 Å². The summed E-state index contributed by atoms with van der Waals surface area (Å²) in [5, 5.41) is 3.87. The van der Waals surface area contributed by atoms with Crippen LogP contribution in [0.1, 0.15) is 25.0 Å². The molecule has 1 fully saturated rings. The minimum absolute atomic E-state index is 0.326. The van der Waals surface area contributed by atoms with Crippen molar-refractivity contribution in [2.45, 2.75) is 31.8 Å². The Hall–Kier alpha value is -0.710. The molecule has 1 aliphatic heterocycles. The van der Waals surface area contributed by atoms with Crippen molar-refractivity contribution in [1.82, 2.24) is 20.2 Å². The van der Waals surface area contributed by atoms with Gasteiger partial charge in [0, 0.05) is 25.3 Å². The summed E-state index contributed by atoms with van der Waals surface area (Å²) in [5.74, 6) is 0. The minimum atomic E-state index is 0.326. The van der Waals surface area contributed by atoms with Gasteiger partial charge in [-0.1, -0.05) is 6.42 Å². The molecule has 1 atom stereocenters. The third kappa shape index (κ3) is 4.22. The van der Waals surface area contributed by atoms with Crippen molar-refractivity contribution in [1.29, 1.82) is 0 Å². The molecule has 0 bridgehead atoms. The minimum Gasteiger partial charge on any atom is -0.313 e. The maximum absolute atomic E-state index is 5.77. The predicted molar refractivity (Wildman–Crippen MR) is 69.0 cm³/mol. The normalized spacial score (nSPS) is 20.8. The average Bonchev–Trinajstić information content (AvgIpc) is 2.30. The highest BCUT2D eigenvalue weighted by atomic mass is 35.5. The molecule has 0 spiro atoms. The van der Waals surface area contributed by atoms with E-state index in [1.165, 1.54) is 19.3 Å². The smallest absolute Gasteiger partial charge is 0.222 e. The van der Waals surface area contributed by atoms with Gasteiger partial charge in [0.05, 0.1) is 5.69 Å². The largest absolute Gasteiger partial charge is 0.313 e. The van der Waals surface area contributed by atoms with E-state index in [2.05, 4.69) is 27.2 Å². The number of piperidine rings is 1. The van der Waals surface area contributed by atoms with E-state index >= 15 is 0 Å². The van der Waals surface area contributed by atoms with E-state index in [0.29, 0.717) is 11.3 Å². The fraction of sp³-hybridized carbons (Fsp3) is 0.667. The lowest BCUT2D eigenvalue weighted by atomic mass is 10.0. The molecule has 0 amide bonds. The van der Waals surface area contributed by atoms with Gasteiger partial charge in [0.25, 0.3) is 0 Å². The zero-order chi connectivity index (χ0) is 12.1. The summed E-state index contributed by atoms with van der Waals surface area (Å²) in [5.41, 5.74) is 0.975. The van der Waals surface area contributed by atoms with Crippen molar-refractivity contribution in [2.75, 3.05) is 20.1 Å². The van der Waals surface area contributed by atoms with Gasteiger partial charge >= 0.3 is 0 Å². The van der Waals surface area contributed by atoms with Crippen molar-refractivity contribution in [2.24, 2.45) is 0 Å². The molecule has 1 aliphatic rings. The van der Waals surface area contributed by atoms with Crippen LogP contribution in [0.25, 0.3) is 0 Å². The van der Waals surface area contributed by atoms with E-state index in [0.717, 1.165) is 25.3 Å². The van der Waals surface area contributed by atoms with Gasteiger partial charge in [0.1, 0.15) is 0 Å². The Labute approximate surface area is 107 Å². The van der Waals surface area contributed by atoms with Gasteiger partial charge in [-0.2, -0.15) is 0 Å². The molecule has 0 saturated carbocycles. The van der Waals surface area contributed by atoms with Crippen LogP contribution in [-0.4, -0.2) is 41.0 Å². The summed E-state index contributed by atoms with van der Waals surface area (Å²) in [6.07, 6.45) is 5.62. The van der Waals surface area contributed by atoms with Gasteiger partial charge in [0.2, 0.25) is 5.28 Å². The number of rotatable bonds is 4. The van der Waals surface area contributed by atoms with Crippen molar-refractivity contribution < 1.29 is 0 Å². The molecule has 1 aromatic heterocycles. The molecule has 94 valence electrons. The lowest BCUT2D eigenvalue weighted by Crippen LogP contribution is -2.42. The Morgan fingerprint density at radius 1 is 1.53 bits per heavy atom. The SMILES string of the molecule is CN(Cc1ccnc(Cl)n1)C[C@@H]1CCCCN1. The van der Waals surface area contributed by atoms with Gasteiger partial charge in [-0.05, 0) is 44.1 Å². The molecule has 1 saturated heterocycles. The van der Waals surface area contributed by atoms with Crippen LogP contribution in [0.15, 0.2) is 12.3 Å². The first-order valence-corrected chi connectivity index (χ1v) is 6.51. The Bertz CT molecular complexity index is 352. The first-order valence-electron chi connectivity index (χ1n) is 6.13. The fourth-order valence-electron chi connectivity index (χ4n) is 2.25. The van der Waals surface area contributed by atoms with Gasteiger partial charge in [-0.3, -0.25) is 4.90 Å². The Balaban J connectivity index is 1.82. The lowest BCUT2D eigenvalue weighted by molar-refractivity contribution is 0.254. The molecule has 0 unspecified atom stereocenters.